The highest BCUT2D eigenvalue weighted by atomic mass is 32.2. The van der Waals surface area contributed by atoms with Gasteiger partial charge in [0.15, 0.2) is 6.61 Å². The quantitative estimate of drug-likeness (QED) is 0.100. The molecule has 6 aromatic rings. The van der Waals surface area contributed by atoms with E-state index in [2.05, 4.69) is 46.5 Å². The number of nitrogens with one attached hydrogen (secondary N) is 1. The van der Waals surface area contributed by atoms with Gasteiger partial charge in [-0.05, 0) is 99.0 Å². The zero-order valence-corrected chi connectivity index (χ0v) is 38.9. The van der Waals surface area contributed by atoms with Crippen LogP contribution >= 0.6 is 23.1 Å². The lowest BCUT2D eigenvalue weighted by Gasteiger charge is -2.26. The van der Waals surface area contributed by atoms with E-state index in [9.17, 15) is 53.9 Å². The molecule has 0 aliphatic rings. The summed E-state index contributed by atoms with van der Waals surface area (Å²) in [4.78, 5) is 43.8. The molecule has 3 amide bonds. The van der Waals surface area contributed by atoms with E-state index < -0.39 is 58.8 Å². The maximum absolute atomic E-state index is 13.7. The first-order valence-corrected chi connectivity index (χ1v) is 22.6. The van der Waals surface area contributed by atoms with Crippen LogP contribution in [0.4, 0.5) is 55.7 Å². The molecule has 0 fully saturated rings. The van der Waals surface area contributed by atoms with Crippen LogP contribution in [0.25, 0.3) is 0 Å². The lowest BCUT2D eigenvalue weighted by molar-refractivity contribution is -0.138. The number of alkyl halides is 6. The summed E-state index contributed by atoms with van der Waals surface area (Å²) in [5.41, 5.74) is 0.302. The molecule has 0 bridgehead atoms. The molecule has 0 aliphatic heterocycles. The highest BCUT2D eigenvalue weighted by Crippen LogP contribution is 2.35. The van der Waals surface area contributed by atoms with E-state index in [1.54, 1.807) is 13.8 Å². The minimum Gasteiger partial charge on any atom is -0.459 e. The van der Waals surface area contributed by atoms with Crippen LogP contribution in [-0.4, -0.2) is 62.9 Å². The Balaban J connectivity index is 0.000000232. The van der Waals surface area contributed by atoms with E-state index >= 15 is 0 Å². The highest BCUT2D eigenvalue weighted by molar-refractivity contribution is 8.12. The van der Waals surface area contributed by atoms with Crippen LogP contribution < -0.4 is 19.7 Å². The number of carbonyl (C=O) groups excluding carboxylic acids is 3. The Morgan fingerprint density at radius 3 is 2.03 bits per heavy atom. The van der Waals surface area contributed by atoms with Gasteiger partial charge < -0.3 is 24.6 Å². The van der Waals surface area contributed by atoms with Crippen molar-refractivity contribution in [2.24, 2.45) is 0 Å². The van der Waals surface area contributed by atoms with Gasteiger partial charge in [0.2, 0.25) is 10.9 Å². The number of carbonyl (C=O) groups is 3. The van der Waals surface area contributed by atoms with E-state index in [1.165, 1.54) is 70.9 Å². The fraction of sp³-hybridized carbons (Fsp3) is 0.277. The summed E-state index contributed by atoms with van der Waals surface area (Å²) in [7, 11) is 0. The number of hydrogen-bond acceptors (Lipinski definition) is 10. The Kier molecular flexibility index (Phi) is 20.8. The number of hydrogen-bond donors (Lipinski definition) is 1. The predicted octanol–water partition coefficient (Wildman–Crippen LogP) is 13.1. The summed E-state index contributed by atoms with van der Waals surface area (Å²) >= 11 is 1.61. The minimum atomic E-state index is -4.61. The first-order chi connectivity index (χ1) is 32.7. The van der Waals surface area contributed by atoms with Crippen LogP contribution in [0.15, 0.2) is 115 Å². The number of nitrogens with zero attached hydrogens (tertiary/aromatic N) is 5. The third-order valence-electron chi connectivity index (χ3n) is 8.88. The number of halogens is 9. The van der Waals surface area contributed by atoms with Crippen molar-refractivity contribution in [2.75, 3.05) is 29.9 Å². The number of anilines is 2. The molecule has 2 aromatic heterocycles. The fourth-order valence-corrected chi connectivity index (χ4v) is 7.24. The molecule has 0 atom stereocenters. The van der Waals surface area contributed by atoms with Crippen LogP contribution in [0.2, 0.25) is 0 Å². The average molecular weight is 1010 g/mol. The molecule has 0 saturated carbocycles. The number of benzene rings is 4. The van der Waals surface area contributed by atoms with Gasteiger partial charge in [-0.25, -0.2) is 18.2 Å². The third kappa shape index (κ3) is 17.7. The molecule has 2 heterocycles. The van der Waals surface area contributed by atoms with Crippen molar-refractivity contribution < 1.29 is 63.4 Å². The fourth-order valence-electron chi connectivity index (χ4n) is 5.83. The molecule has 69 heavy (non-hydrogen) atoms. The Hall–Kier alpha value is -6.68. The van der Waals surface area contributed by atoms with Crippen molar-refractivity contribution in [3.63, 3.8) is 0 Å². The number of amides is 3. The molecule has 4 aromatic carbocycles. The second-order valence-corrected chi connectivity index (χ2v) is 16.4. The standard InChI is InChI=1S/C19H11F5N2O2.C14H13F4N3O2S.C14H21NOS/c20-12-6-7-16(15(21)10-12)26-17(27)14-5-2-8-25-18(14)28-13-4-1-3-11(9-13)19(22,23)24;1-8(2)21(10-5-3-9(15)4-6-10)11(22)7-23-13-20-19-12(24-13)14(16,17)18;1-3-10-15(11-4-2)14(16)17-12-13-8-6-5-7-9-13/h1-10H,(H,26,27);3-6,8H,7H2,1-2H3;5-9H,3-4,10-12H2,1-2H3. The number of ether oxygens (including phenoxy) is 2. The van der Waals surface area contributed by atoms with Crippen LogP contribution in [0.3, 0.4) is 0 Å². The van der Waals surface area contributed by atoms with Crippen molar-refractivity contribution in [3.8, 4) is 16.8 Å². The lowest BCUT2D eigenvalue weighted by atomic mass is 10.2. The van der Waals surface area contributed by atoms with Crippen LogP contribution in [0.1, 0.15) is 67.0 Å². The van der Waals surface area contributed by atoms with Crippen molar-refractivity contribution in [3.05, 3.63) is 155 Å². The molecular weight excluding hydrogens is 964 g/mol. The molecule has 0 saturated heterocycles. The third-order valence-corrected chi connectivity index (χ3v) is 10.7. The SMILES string of the molecule is CC(C)N(C(=O)COc1nnc(C(F)(F)F)s1)c1ccc(F)cc1.CCCN(CCC)C(=O)SCc1ccccc1.O=C(Nc1ccc(F)cc1F)c1cccnc1Oc1cccc(C(F)(F)F)c1. The number of aromatic nitrogens is 3. The average Bonchev–Trinajstić information content (AvgIpc) is 3.80. The summed E-state index contributed by atoms with van der Waals surface area (Å²) in [6.07, 6.45) is -5.85. The Bertz CT molecular complexity index is 2580. The number of rotatable bonds is 15. The van der Waals surface area contributed by atoms with Crippen molar-refractivity contribution in [1.82, 2.24) is 20.1 Å². The van der Waals surface area contributed by atoms with Gasteiger partial charge in [-0.3, -0.25) is 14.4 Å². The highest BCUT2D eigenvalue weighted by Gasteiger charge is 2.36. The van der Waals surface area contributed by atoms with Gasteiger partial charge in [0.05, 0.1) is 11.3 Å². The van der Waals surface area contributed by atoms with Gasteiger partial charge in [0.25, 0.3) is 22.2 Å². The van der Waals surface area contributed by atoms with Gasteiger partial charge >= 0.3 is 12.4 Å². The van der Waals surface area contributed by atoms with Crippen LogP contribution in [-0.2, 0) is 22.9 Å². The largest absolute Gasteiger partial charge is 0.459 e. The molecule has 368 valence electrons. The smallest absolute Gasteiger partial charge is 0.445 e. The molecule has 0 radical (unpaired) electrons. The predicted molar refractivity (Wildman–Crippen MR) is 245 cm³/mol. The lowest BCUT2D eigenvalue weighted by Crippen LogP contribution is -2.40. The topological polar surface area (TPSA) is 127 Å². The van der Waals surface area contributed by atoms with Crippen LogP contribution in [0, 0.1) is 17.5 Å². The van der Waals surface area contributed by atoms with Gasteiger partial charge in [-0.1, -0.05) is 78.4 Å². The van der Waals surface area contributed by atoms with E-state index in [-0.39, 0.29) is 50.7 Å². The number of pyridine rings is 1. The van der Waals surface area contributed by atoms with Gasteiger partial charge in [-0.2, -0.15) is 26.3 Å². The molecular formula is C47H45F9N6O5S2. The number of thioether (sulfide) groups is 1. The van der Waals surface area contributed by atoms with Gasteiger partial charge in [0, 0.05) is 42.8 Å². The minimum absolute atomic E-state index is 0.149. The van der Waals surface area contributed by atoms with E-state index in [4.69, 9.17) is 9.47 Å². The monoisotopic (exact) mass is 1010 g/mol. The normalized spacial score (nSPS) is 11.1. The Labute approximate surface area is 399 Å². The van der Waals surface area contributed by atoms with Crippen molar-refractivity contribution >= 4 is 51.5 Å². The zero-order valence-electron chi connectivity index (χ0n) is 37.3. The molecule has 0 aliphatic carbocycles. The molecule has 1 N–H and O–H groups in total. The van der Waals surface area contributed by atoms with Gasteiger partial charge in [-0.15, -0.1) is 5.10 Å². The molecule has 0 unspecified atom stereocenters. The van der Waals surface area contributed by atoms with Crippen molar-refractivity contribution in [2.45, 2.75) is 64.7 Å². The van der Waals surface area contributed by atoms with Crippen LogP contribution in [0.5, 0.6) is 16.8 Å². The summed E-state index contributed by atoms with van der Waals surface area (Å²) in [5, 5.41) is 7.16. The van der Waals surface area contributed by atoms with Crippen molar-refractivity contribution in [1.29, 1.82) is 0 Å². The summed E-state index contributed by atoms with van der Waals surface area (Å²) in [5.74, 6) is -3.27. The maximum atomic E-state index is 13.7. The van der Waals surface area contributed by atoms with E-state index in [0.29, 0.717) is 11.8 Å². The zero-order chi connectivity index (χ0) is 50.7. The van der Waals surface area contributed by atoms with Gasteiger partial charge in [0.1, 0.15) is 28.8 Å². The molecule has 11 nitrogen and oxygen atoms in total. The summed E-state index contributed by atoms with van der Waals surface area (Å²) in [6.45, 7) is 8.93. The summed E-state index contributed by atoms with van der Waals surface area (Å²) < 4.78 is 126. The molecule has 22 heteroatoms. The second kappa shape index (κ2) is 26.2. The molecule has 0 spiro atoms. The van der Waals surface area contributed by atoms with E-state index in [0.717, 1.165) is 62.0 Å². The second-order valence-electron chi connectivity index (χ2n) is 14.6. The maximum Gasteiger partial charge on any atom is 0.445 e. The van der Waals surface area contributed by atoms with E-state index in [1.807, 2.05) is 23.1 Å². The first kappa shape index (κ1) is 54.9. The first-order valence-electron chi connectivity index (χ1n) is 20.8. The molecule has 6 rings (SSSR count). The Morgan fingerprint density at radius 2 is 1.43 bits per heavy atom. The summed E-state index contributed by atoms with van der Waals surface area (Å²) in [6, 6.07) is 24.5. The Morgan fingerprint density at radius 1 is 0.768 bits per heavy atom.